The molecule has 0 saturated heterocycles. The first-order chi connectivity index (χ1) is 8.99. The van der Waals surface area contributed by atoms with Gasteiger partial charge >= 0.3 is 5.00 Å². The molecule has 0 unspecified atom stereocenters. The van der Waals surface area contributed by atoms with Crippen LogP contribution in [-0.4, -0.2) is 15.8 Å². The molecule has 1 aromatic carbocycles. The Hall–Kier alpha value is -1.99. The number of thiazole rings is 1. The molecule has 0 spiro atoms. The number of carbonyl (C=O) groups is 1. The Morgan fingerprint density at radius 1 is 1.53 bits per heavy atom. The smallest absolute Gasteiger partial charge is 0.298 e. The van der Waals surface area contributed by atoms with Gasteiger partial charge in [0.1, 0.15) is 6.20 Å². The highest BCUT2D eigenvalue weighted by Gasteiger charge is 2.16. The maximum absolute atomic E-state index is 12.0. The fourth-order valence-electron chi connectivity index (χ4n) is 1.43. The topological polar surface area (TPSA) is 85.1 Å². The van der Waals surface area contributed by atoms with Gasteiger partial charge in [-0.15, -0.1) is 0 Å². The number of carbonyl (C=O) groups excluding carboxylic acids is 1. The Bertz CT molecular complexity index is 656. The third-order valence-electron chi connectivity index (χ3n) is 2.41. The van der Waals surface area contributed by atoms with Crippen LogP contribution in [0.25, 0.3) is 0 Å². The van der Waals surface area contributed by atoms with Crippen LogP contribution in [0, 0.1) is 17.0 Å². The summed E-state index contributed by atoms with van der Waals surface area (Å²) in [6.07, 6.45) is 1.10. The van der Waals surface area contributed by atoms with Gasteiger partial charge in [-0.2, -0.15) is 0 Å². The molecule has 0 fully saturated rings. The molecule has 98 valence electrons. The maximum atomic E-state index is 12.0. The Labute approximate surface area is 117 Å². The first-order valence-electron chi connectivity index (χ1n) is 5.15. The lowest BCUT2D eigenvalue weighted by Crippen LogP contribution is -2.13. The number of anilines is 1. The van der Waals surface area contributed by atoms with Crippen LogP contribution in [-0.2, 0) is 0 Å². The lowest BCUT2D eigenvalue weighted by atomic mass is 10.1. The van der Waals surface area contributed by atoms with E-state index < -0.39 is 10.8 Å². The van der Waals surface area contributed by atoms with E-state index in [1.807, 2.05) is 0 Å². The first-order valence-corrected chi connectivity index (χ1v) is 6.35. The number of hydrogen-bond acceptors (Lipinski definition) is 5. The van der Waals surface area contributed by atoms with Gasteiger partial charge in [-0.1, -0.05) is 17.7 Å². The average Bonchev–Trinajstić information content (AvgIpc) is 2.81. The molecular weight excluding hydrogens is 290 g/mol. The van der Waals surface area contributed by atoms with Gasteiger partial charge in [0.2, 0.25) is 0 Å². The van der Waals surface area contributed by atoms with Gasteiger partial charge in [0.05, 0.1) is 4.92 Å². The molecule has 1 amide bonds. The van der Waals surface area contributed by atoms with Gasteiger partial charge in [0.15, 0.2) is 5.13 Å². The van der Waals surface area contributed by atoms with Crippen LogP contribution >= 0.6 is 22.9 Å². The van der Waals surface area contributed by atoms with E-state index in [-0.39, 0.29) is 10.1 Å². The highest BCUT2D eigenvalue weighted by molar-refractivity contribution is 7.18. The van der Waals surface area contributed by atoms with Crippen LogP contribution in [0.4, 0.5) is 10.1 Å². The van der Waals surface area contributed by atoms with Crippen LogP contribution in [0.15, 0.2) is 24.4 Å². The second-order valence-corrected chi connectivity index (χ2v) is 5.04. The lowest BCUT2D eigenvalue weighted by molar-refractivity contribution is -0.380. The van der Waals surface area contributed by atoms with Crippen LogP contribution in [0.3, 0.4) is 0 Å². The second-order valence-electron chi connectivity index (χ2n) is 3.63. The van der Waals surface area contributed by atoms with Crippen molar-refractivity contribution in [2.75, 3.05) is 5.32 Å². The number of hydrogen-bond donors (Lipinski definition) is 1. The normalized spacial score (nSPS) is 10.2. The number of nitrogens with one attached hydrogen (secondary N) is 1. The van der Waals surface area contributed by atoms with Crippen LogP contribution < -0.4 is 5.32 Å². The van der Waals surface area contributed by atoms with Crippen molar-refractivity contribution in [1.29, 1.82) is 0 Å². The van der Waals surface area contributed by atoms with Crippen LogP contribution in [0.2, 0.25) is 5.02 Å². The van der Waals surface area contributed by atoms with Crippen molar-refractivity contribution in [2.45, 2.75) is 6.92 Å². The highest BCUT2D eigenvalue weighted by atomic mass is 35.5. The summed E-state index contributed by atoms with van der Waals surface area (Å²) in [7, 11) is 0. The summed E-state index contributed by atoms with van der Waals surface area (Å²) in [5, 5.41) is 13.6. The minimum Gasteiger partial charge on any atom is -0.298 e. The number of nitrogens with zero attached hydrogens (tertiary/aromatic N) is 2. The number of benzene rings is 1. The first kappa shape index (κ1) is 13.4. The summed E-state index contributed by atoms with van der Waals surface area (Å²) in [6.45, 7) is 1.72. The number of amides is 1. The molecule has 0 atom stereocenters. The monoisotopic (exact) mass is 297 g/mol. The van der Waals surface area contributed by atoms with E-state index in [4.69, 9.17) is 11.6 Å². The predicted molar refractivity (Wildman–Crippen MR) is 72.9 cm³/mol. The van der Waals surface area contributed by atoms with Crippen molar-refractivity contribution >= 4 is 39.0 Å². The van der Waals surface area contributed by atoms with E-state index in [1.165, 1.54) is 0 Å². The molecule has 6 nitrogen and oxygen atoms in total. The SMILES string of the molecule is Cc1c(Cl)cccc1C(=O)Nc1ncc([N+](=O)[O-])s1. The van der Waals surface area contributed by atoms with Crippen LogP contribution in [0.1, 0.15) is 15.9 Å². The Kier molecular flexibility index (Phi) is 3.77. The van der Waals surface area contributed by atoms with Crippen molar-refractivity contribution in [1.82, 2.24) is 4.98 Å². The van der Waals surface area contributed by atoms with Crippen LogP contribution in [0.5, 0.6) is 0 Å². The largest absolute Gasteiger partial charge is 0.345 e. The third-order valence-corrected chi connectivity index (χ3v) is 3.68. The molecule has 1 heterocycles. The molecule has 1 aromatic heterocycles. The Morgan fingerprint density at radius 2 is 2.26 bits per heavy atom. The van der Waals surface area contributed by atoms with E-state index in [1.54, 1.807) is 25.1 Å². The number of nitro groups is 1. The van der Waals surface area contributed by atoms with Crippen molar-refractivity contribution in [3.05, 3.63) is 50.7 Å². The third kappa shape index (κ3) is 2.88. The van der Waals surface area contributed by atoms with Gasteiger partial charge in [-0.05, 0) is 36.0 Å². The minimum absolute atomic E-state index is 0.127. The summed E-state index contributed by atoms with van der Waals surface area (Å²) in [6, 6.07) is 4.97. The zero-order valence-corrected chi connectivity index (χ0v) is 11.3. The molecule has 2 rings (SSSR count). The van der Waals surface area contributed by atoms with Crippen molar-refractivity contribution in [3.63, 3.8) is 0 Å². The lowest BCUT2D eigenvalue weighted by Gasteiger charge is -2.06. The summed E-state index contributed by atoms with van der Waals surface area (Å²) in [4.78, 5) is 25.7. The van der Waals surface area contributed by atoms with E-state index >= 15 is 0 Å². The fraction of sp³-hybridized carbons (Fsp3) is 0.0909. The minimum atomic E-state index is -0.558. The Morgan fingerprint density at radius 3 is 2.89 bits per heavy atom. The van der Waals surface area contributed by atoms with Gasteiger partial charge in [-0.25, -0.2) is 4.98 Å². The highest BCUT2D eigenvalue weighted by Crippen LogP contribution is 2.26. The molecule has 0 bridgehead atoms. The summed E-state index contributed by atoms with van der Waals surface area (Å²) in [5.74, 6) is -0.399. The molecule has 0 saturated carbocycles. The van der Waals surface area contributed by atoms with Crippen molar-refractivity contribution < 1.29 is 9.72 Å². The van der Waals surface area contributed by atoms with Crippen molar-refractivity contribution in [3.8, 4) is 0 Å². The standard InChI is InChI=1S/C11H8ClN3O3S/c1-6-7(3-2-4-8(6)12)10(16)14-11-13-5-9(19-11)15(17)18/h2-5H,1H3,(H,13,14,16). The molecule has 0 aliphatic heterocycles. The Balaban J connectivity index is 2.21. The fourth-order valence-corrected chi connectivity index (χ4v) is 2.23. The molecule has 2 aromatic rings. The summed E-state index contributed by atoms with van der Waals surface area (Å²) >= 11 is 6.72. The van der Waals surface area contributed by atoms with Gasteiger partial charge in [-0.3, -0.25) is 20.2 Å². The maximum Gasteiger partial charge on any atom is 0.345 e. The molecule has 19 heavy (non-hydrogen) atoms. The van der Waals surface area contributed by atoms with Gasteiger partial charge < -0.3 is 0 Å². The predicted octanol–water partition coefficient (Wildman–Crippen LogP) is 3.27. The van der Waals surface area contributed by atoms with E-state index in [0.717, 1.165) is 17.5 Å². The van der Waals surface area contributed by atoms with E-state index in [0.29, 0.717) is 16.1 Å². The molecule has 0 radical (unpaired) electrons. The quantitative estimate of drug-likeness (QED) is 0.696. The zero-order valence-electron chi connectivity index (χ0n) is 9.71. The zero-order chi connectivity index (χ0) is 14.0. The molecule has 8 heteroatoms. The summed E-state index contributed by atoms with van der Waals surface area (Å²) in [5.41, 5.74) is 1.05. The molecular formula is C11H8ClN3O3S. The van der Waals surface area contributed by atoms with E-state index in [2.05, 4.69) is 10.3 Å². The second kappa shape index (κ2) is 5.33. The van der Waals surface area contributed by atoms with Gasteiger partial charge in [0, 0.05) is 10.6 Å². The summed E-state index contributed by atoms with van der Waals surface area (Å²) < 4.78 is 0. The molecule has 1 N–H and O–H groups in total. The molecule has 0 aliphatic rings. The van der Waals surface area contributed by atoms with Gasteiger partial charge in [0.25, 0.3) is 5.91 Å². The number of halogens is 1. The van der Waals surface area contributed by atoms with Crippen molar-refractivity contribution in [2.24, 2.45) is 0 Å². The number of rotatable bonds is 3. The molecule has 0 aliphatic carbocycles. The number of aromatic nitrogens is 1. The average molecular weight is 298 g/mol. The van der Waals surface area contributed by atoms with E-state index in [9.17, 15) is 14.9 Å².